The van der Waals surface area contributed by atoms with E-state index >= 15 is 0 Å². The topological polar surface area (TPSA) is 108 Å². The number of rotatable bonds is 6. The molecule has 0 aromatic heterocycles. The lowest BCUT2D eigenvalue weighted by atomic mass is 10.2. The number of amides is 1. The van der Waals surface area contributed by atoms with Gasteiger partial charge in [-0.3, -0.25) is 14.9 Å². The molecule has 1 aliphatic heterocycles. The fraction of sp³-hybridized carbons (Fsp3) is 0.263. The Bertz CT molecular complexity index is 896. The Hall–Kier alpha value is -3.62. The van der Waals surface area contributed by atoms with E-state index < -0.39 is 17.5 Å². The van der Waals surface area contributed by atoms with Gasteiger partial charge in [0.15, 0.2) is 18.1 Å². The molecule has 0 unspecified atom stereocenters. The number of hydrogen-bond donors (Lipinski definition) is 0. The van der Waals surface area contributed by atoms with E-state index in [9.17, 15) is 19.7 Å². The maximum Gasteiger partial charge on any atom is 0.338 e. The molecule has 2 aromatic rings. The molecular formula is C19H18N2O7. The van der Waals surface area contributed by atoms with Gasteiger partial charge in [-0.15, -0.1) is 0 Å². The highest BCUT2D eigenvalue weighted by molar-refractivity contribution is 5.91. The highest BCUT2D eigenvalue weighted by atomic mass is 16.6. The lowest BCUT2D eigenvalue weighted by molar-refractivity contribution is -0.384. The van der Waals surface area contributed by atoms with Crippen molar-refractivity contribution < 1.29 is 28.7 Å². The van der Waals surface area contributed by atoms with Crippen molar-refractivity contribution in [2.75, 3.05) is 26.9 Å². The first kappa shape index (κ1) is 19.2. The van der Waals surface area contributed by atoms with E-state index in [0.717, 1.165) is 5.56 Å². The molecule has 146 valence electrons. The van der Waals surface area contributed by atoms with Gasteiger partial charge in [0.1, 0.15) is 13.2 Å². The maximum atomic E-state index is 12.2. The van der Waals surface area contributed by atoms with Gasteiger partial charge in [-0.05, 0) is 29.8 Å². The average Bonchev–Trinajstić information content (AvgIpc) is 2.71. The van der Waals surface area contributed by atoms with Crippen LogP contribution in [0.3, 0.4) is 0 Å². The maximum absolute atomic E-state index is 12.2. The van der Waals surface area contributed by atoms with Crippen LogP contribution in [0, 0.1) is 10.1 Å². The van der Waals surface area contributed by atoms with Crippen molar-refractivity contribution in [3.63, 3.8) is 0 Å². The number of non-ortho nitro benzene ring substituents is 1. The standard InChI is InChI=1S/C19H18N2O7/c1-20(11-13-2-7-16-17(10-13)27-9-8-26-16)18(22)12-28-19(23)14-3-5-15(6-4-14)21(24)25/h2-7,10H,8-9,11-12H2,1H3. The Balaban J connectivity index is 1.52. The second kappa shape index (κ2) is 8.38. The fourth-order valence-electron chi connectivity index (χ4n) is 2.59. The Morgan fingerprint density at radius 2 is 1.79 bits per heavy atom. The molecule has 0 N–H and O–H groups in total. The Morgan fingerprint density at radius 3 is 2.46 bits per heavy atom. The van der Waals surface area contributed by atoms with Crippen LogP contribution in [0.25, 0.3) is 0 Å². The third-order valence-electron chi connectivity index (χ3n) is 4.09. The van der Waals surface area contributed by atoms with Crippen LogP contribution in [0.15, 0.2) is 42.5 Å². The summed E-state index contributed by atoms with van der Waals surface area (Å²) in [7, 11) is 1.60. The summed E-state index contributed by atoms with van der Waals surface area (Å²) in [5, 5.41) is 10.6. The fourth-order valence-corrected chi connectivity index (χ4v) is 2.59. The highest BCUT2D eigenvalue weighted by Gasteiger charge is 2.17. The lowest BCUT2D eigenvalue weighted by Crippen LogP contribution is -2.30. The number of carbonyl (C=O) groups excluding carboxylic acids is 2. The van der Waals surface area contributed by atoms with E-state index in [1.54, 1.807) is 19.2 Å². The molecule has 1 heterocycles. The number of likely N-dealkylation sites (N-methyl/N-ethyl adjacent to an activating group) is 1. The Kier molecular flexibility index (Phi) is 5.73. The SMILES string of the molecule is CN(Cc1ccc2c(c1)OCCO2)C(=O)COC(=O)c1ccc([N+](=O)[O-])cc1. The molecule has 0 saturated carbocycles. The van der Waals surface area contributed by atoms with Crippen molar-refractivity contribution >= 4 is 17.6 Å². The molecule has 28 heavy (non-hydrogen) atoms. The first-order valence-corrected chi connectivity index (χ1v) is 8.48. The zero-order chi connectivity index (χ0) is 20.1. The van der Waals surface area contributed by atoms with Crippen molar-refractivity contribution in [2.24, 2.45) is 0 Å². The number of benzene rings is 2. The van der Waals surface area contributed by atoms with Crippen LogP contribution in [0.2, 0.25) is 0 Å². The number of nitrogens with zero attached hydrogens (tertiary/aromatic N) is 2. The number of fused-ring (bicyclic) bond motifs is 1. The molecule has 9 heteroatoms. The quantitative estimate of drug-likeness (QED) is 0.425. The van der Waals surface area contributed by atoms with Gasteiger partial charge in [0.05, 0.1) is 10.5 Å². The Morgan fingerprint density at radius 1 is 1.11 bits per heavy atom. The second-order valence-electron chi connectivity index (χ2n) is 6.11. The molecule has 0 bridgehead atoms. The number of hydrogen-bond acceptors (Lipinski definition) is 7. The van der Waals surface area contributed by atoms with Crippen LogP contribution >= 0.6 is 0 Å². The van der Waals surface area contributed by atoms with E-state index in [1.807, 2.05) is 6.07 Å². The predicted molar refractivity (Wildman–Crippen MR) is 97.3 cm³/mol. The highest BCUT2D eigenvalue weighted by Crippen LogP contribution is 2.31. The van der Waals surface area contributed by atoms with Crippen LogP contribution < -0.4 is 9.47 Å². The third-order valence-corrected chi connectivity index (χ3v) is 4.09. The normalized spacial score (nSPS) is 12.2. The molecule has 3 rings (SSSR count). The number of carbonyl (C=O) groups is 2. The summed E-state index contributed by atoms with van der Waals surface area (Å²) in [6.45, 7) is 0.857. The smallest absolute Gasteiger partial charge is 0.338 e. The van der Waals surface area contributed by atoms with E-state index in [0.29, 0.717) is 31.3 Å². The van der Waals surface area contributed by atoms with Crippen molar-refractivity contribution in [3.8, 4) is 11.5 Å². The van der Waals surface area contributed by atoms with Crippen molar-refractivity contribution in [2.45, 2.75) is 6.54 Å². The largest absolute Gasteiger partial charge is 0.486 e. The molecular weight excluding hydrogens is 368 g/mol. The molecule has 1 amide bonds. The predicted octanol–water partition coefficient (Wildman–Crippen LogP) is 2.18. The molecule has 0 radical (unpaired) electrons. The monoisotopic (exact) mass is 386 g/mol. The van der Waals surface area contributed by atoms with E-state index in [2.05, 4.69) is 0 Å². The minimum atomic E-state index is -0.726. The molecule has 0 aliphatic carbocycles. The minimum Gasteiger partial charge on any atom is -0.486 e. The van der Waals surface area contributed by atoms with Gasteiger partial charge in [-0.25, -0.2) is 4.79 Å². The average molecular weight is 386 g/mol. The third kappa shape index (κ3) is 4.56. The van der Waals surface area contributed by atoms with Gasteiger partial charge in [-0.2, -0.15) is 0 Å². The van der Waals surface area contributed by atoms with Gasteiger partial charge in [0, 0.05) is 25.7 Å². The number of nitro groups is 1. The zero-order valence-electron chi connectivity index (χ0n) is 15.1. The van der Waals surface area contributed by atoms with Crippen LogP contribution in [0.5, 0.6) is 11.5 Å². The van der Waals surface area contributed by atoms with Crippen LogP contribution in [0.4, 0.5) is 5.69 Å². The number of esters is 1. The number of ether oxygens (including phenoxy) is 3. The van der Waals surface area contributed by atoms with Crippen molar-refractivity contribution in [3.05, 3.63) is 63.7 Å². The lowest BCUT2D eigenvalue weighted by Gasteiger charge is -2.21. The zero-order valence-corrected chi connectivity index (χ0v) is 15.1. The summed E-state index contributed by atoms with van der Waals surface area (Å²) >= 11 is 0. The Labute approximate surface area is 160 Å². The summed E-state index contributed by atoms with van der Waals surface area (Å²) in [6.07, 6.45) is 0. The summed E-state index contributed by atoms with van der Waals surface area (Å²) in [6, 6.07) is 10.4. The first-order valence-electron chi connectivity index (χ1n) is 8.48. The van der Waals surface area contributed by atoms with Gasteiger partial charge in [-0.1, -0.05) is 6.07 Å². The minimum absolute atomic E-state index is 0.132. The molecule has 9 nitrogen and oxygen atoms in total. The van der Waals surface area contributed by atoms with Gasteiger partial charge in [0.2, 0.25) is 0 Å². The van der Waals surface area contributed by atoms with Gasteiger partial charge >= 0.3 is 5.97 Å². The summed E-state index contributed by atoms with van der Waals surface area (Å²) < 4.78 is 16.0. The van der Waals surface area contributed by atoms with Crippen LogP contribution in [-0.4, -0.2) is 48.6 Å². The van der Waals surface area contributed by atoms with E-state index in [1.165, 1.54) is 29.2 Å². The van der Waals surface area contributed by atoms with Crippen LogP contribution in [0.1, 0.15) is 15.9 Å². The molecule has 0 spiro atoms. The second-order valence-corrected chi connectivity index (χ2v) is 6.11. The molecule has 0 atom stereocenters. The molecule has 1 aliphatic rings. The van der Waals surface area contributed by atoms with Crippen LogP contribution in [-0.2, 0) is 16.1 Å². The van der Waals surface area contributed by atoms with E-state index in [4.69, 9.17) is 14.2 Å². The van der Waals surface area contributed by atoms with Crippen molar-refractivity contribution in [1.82, 2.24) is 4.90 Å². The molecule has 0 saturated heterocycles. The van der Waals surface area contributed by atoms with Gasteiger partial charge < -0.3 is 19.1 Å². The molecule has 2 aromatic carbocycles. The number of nitro benzene ring substituents is 1. The first-order chi connectivity index (χ1) is 13.4. The molecule has 0 fully saturated rings. The summed E-state index contributed by atoms with van der Waals surface area (Å²) in [5.41, 5.74) is 0.849. The van der Waals surface area contributed by atoms with E-state index in [-0.39, 0.29) is 17.2 Å². The van der Waals surface area contributed by atoms with Crippen molar-refractivity contribution in [1.29, 1.82) is 0 Å². The summed E-state index contributed by atoms with van der Waals surface area (Å²) in [5.74, 6) is 0.191. The summed E-state index contributed by atoms with van der Waals surface area (Å²) in [4.78, 5) is 35.7. The van der Waals surface area contributed by atoms with Gasteiger partial charge in [0.25, 0.3) is 11.6 Å².